The Morgan fingerprint density at radius 2 is 2.14 bits per heavy atom. The average molecular weight is 211 g/mol. The van der Waals surface area contributed by atoms with Crippen LogP contribution in [0.3, 0.4) is 0 Å². The van der Waals surface area contributed by atoms with Gasteiger partial charge in [-0.05, 0) is 31.3 Å². The number of rotatable bonds is 4. The van der Waals surface area contributed by atoms with Gasteiger partial charge in [-0.1, -0.05) is 11.6 Å². The van der Waals surface area contributed by atoms with Crippen LogP contribution in [0.2, 0.25) is 5.02 Å². The number of likely N-dealkylation sites (N-methyl/N-ethyl adjacent to an activating group) is 1. The Morgan fingerprint density at radius 1 is 1.50 bits per heavy atom. The molecule has 0 aliphatic rings. The van der Waals surface area contributed by atoms with E-state index in [1.807, 2.05) is 0 Å². The molecule has 0 radical (unpaired) electrons. The van der Waals surface area contributed by atoms with Crippen LogP contribution in [-0.4, -0.2) is 19.7 Å². The number of benzene rings is 1. The number of nitrogens with one attached hydrogen (secondary N) is 1. The molecule has 0 heterocycles. The second-order valence-corrected chi connectivity index (χ2v) is 3.17. The van der Waals surface area contributed by atoms with Gasteiger partial charge in [0.25, 0.3) is 0 Å². The minimum atomic E-state index is -0.286. The van der Waals surface area contributed by atoms with Crippen LogP contribution >= 0.6 is 11.6 Å². The van der Waals surface area contributed by atoms with Gasteiger partial charge in [-0.2, -0.15) is 5.26 Å². The maximum absolute atomic E-state index is 8.63. The monoisotopic (exact) mass is 210 g/mol. The number of hydrogen-bond acceptors (Lipinski definition) is 3. The zero-order chi connectivity index (χ0) is 10.4. The topological polar surface area (TPSA) is 45.0 Å². The maximum atomic E-state index is 8.63. The zero-order valence-electron chi connectivity index (χ0n) is 7.83. The van der Waals surface area contributed by atoms with Gasteiger partial charge < -0.3 is 10.1 Å². The van der Waals surface area contributed by atoms with Crippen molar-refractivity contribution in [2.24, 2.45) is 0 Å². The van der Waals surface area contributed by atoms with Crippen molar-refractivity contribution in [1.82, 2.24) is 5.32 Å². The Balaban J connectivity index is 2.46. The van der Waals surface area contributed by atoms with Crippen LogP contribution in [0.15, 0.2) is 24.3 Å². The third-order valence-corrected chi connectivity index (χ3v) is 1.99. The molecule has 1 atom stereocenters. The summed E-state index contributed by atoms with van der Waals surface area (Å²) in [5, 5.41) is 12.1. The lowest BCUT2D eigenvalue weighted by atomic mass is 10.3. The Bertz CT molecular complexity index is 318. The Hall–Kier alpha value is -1.24. The molecule has 1 rings (SSSR count). The molecule has 0 saturated carbocycles. The highest BCUT2D eigenvalue weighted by atomic mass is 35.5. The van der Waals surface area contributed by atoms with Crippen LogP contribution in [0, 0.1) is 11.3 Å². The minimum Gasteiger partial charge on any atom is -0.491 e. The molecule has 0 aliphatic heterocycles. The number of halogens is 1. The van der Waals surface area contributed by atoms with E-state index >= 15 is 0 Å². The van der Waals surface area contributed by atoms with Gasteiger partial charge in [-0.15, -0.1) is 0 Å². The highest BCUT2D eigenvalue weighted by Crippen LogP contribution is 2.15. The molecule has 1 aromatic carbocycles. The van der Waals surface area contributed by atoms with Crippen LogP contribution in [0.25, 0.3) is 0 Å². The third kappa shape index (κ3) is 3.25. The van der Waals surface area contributed by atoms with E-state index < -0.39 is 0 Å². The van der Waals surface area contributed by atoms with Crippen LogP contribution in [0.5, 0.6) is 5.75 Å². The normalized spacial score (nSPS) is 11.8. The van der Waals surface area contributed by atoms with Crippen LogP contribution in [0.4, 0.5) is 0 Å². The van der Waals surface area contributed by atoms with Crippen molar-refractivity contribution in [1.29, 1.82) is 5.26 Å². The van der Waals surface area contributed by atoms with Gasteiger partial charge in [-0.25, -0.2) is 0 Å². The summed E-state index contributed by atoms with van der Waals surface area (Å²) in [5.41, 5.74) is 0. The average Bonchev–Trinajstić information content (AvgIpc) is 2.22. The molecule has 74 valence electrons. The van der Waals surface area contributed by atoms with E-state index in [1.165, 1.54) is 0 Å². The fourth-order valence-electron chi connectivity index (χ4n) is 0.896. The molecule has 0 spiro atoms. The van der Waals surface area contributed by atoms with Crippen LogP contribution < -0.4 is 10.1 Å². The molecule has 4 heteroatoms. The molecule has 0 fully saturated rings. The molecule has 0 amide bonds. The smallest absolute Gasteiger partial charge is 0.129 e. The van der Waals surface area contributed by atoms with Crippen molar-refractivity contribution >= 4 is 11.6 Å². The quantitative estimate of drug-likeness (QED) is 0.825. The van der Waals surface area contributed by atoms with E-state index in [2.05, 4.69) is 11.4 Å². The first kappa shape index (κ1) is 10.8. The van der Waals surface area contributed by atoms with Crippen molar-refractivity contribution in [3.8, 4) is 11.8 Å². The van der Waals surface area contributed by atoms with E-state index in [9.17, 15) is 0 Å². The fourth-order valence-corrected chi connectivity index (χ4v) is 1.02. The third-order valence-electron chi connectivity index (χ3n) is 1.73. The summed E-state index contributed by atoms with van der Waals surface area (Å²) < 4.78 is 5.36. The van der Waals surface area contributed by atoms with Crippen molar-refractivity contribution in [2.45, 2.75) is 6.04 Å². The summed E-state index contributed by atoms with van der Waals surface area (Å²) in [5.74, 6) is 0.713. The molecule has 14 heavy (non-hydrogen) atoms. The second-order valence-electron chi connectivity index (χ2n) is 2.74. The van der Waals surface area contributed by atoms with Crippen molar-refractivity contribution in [3.05, 3.63) is 29.3 Å². The van der Waals surface area contributed by atoms with Gasteiger partial charge in [0.1, 0.15) is 18.4 Å². The number of nitrogens with zero attached hydrogens (tertiary/aromatic N) is 1. The predicted octanol–water partition coefficient (Wildman–Crippen LogP) is 1.83. The first-order valence-electron chi connectivity index (χ1n) is 4.21. The van der Waals surface area contributed by atoms with Crippen LogP contribution in [-0.2, 0) is 0 Å². The van der Waals surface area contributed by atoms with Crippen LogP contribution in [0.1, 0.15) is 0 Å². The van der Waals surface area contributed by atoms with E-state index in [-0.39, 0.29) is 6.04 Å². The largest absolute Gasteiger partial charge is 0.491 e. The van der Waals surface area contributed by atoms with E-state index in [0.29, 0.717) is 17.4 Å². The number of hydrogen-bond donors (Lipinski definition) is 1. The molecule has 3 nitrogen and oxygen atoms in total. The Morgan fingerprint density at radius 3 is 2.64 bits per heavy atom. The number of nitriles is 1. The van der Waals surface area contributed by atoms with Gasteiger partial charge in [0.2, 0.25) is 0 Å². The van der Waals surface area contributed by atoms with E-state index in [4.69, 9.17) is 21.6 Å². The summed E-state index contributed by atoms with van der Waals surface area (Å²) in [7, 11) is 1.72. The van der Waals surface area contributed by atoms with Gasteiger partial charge in [0, 0.05) is 5.02 Å². The first-order valence-corrected chi connectivity index (χ1v) is 4.59. The summed E-state index contributed by atoms with van der Waals surface area (Å²) in [6.45, 7) is 0.328. The molecular weight excluding hydrogens is 200 g/mol. The Kier molecular flexibility index (Phi) is 4.24. The molecule has 0 saturated heterocycles. The molecule has 1 aromatic rings. The molecule has 0 aliphatic carbocycles. The van der Waals surface area contributed by atoms with Gasteiger partial charge >= 0.3 is 0 Å². The van der Waals surface area contributed by atoms with E-state index in [0.717, 1.165) is 0 Å². The van der Waals surface area contributed by atoms with Crippen molar-refractivity contribution in [3.63, 3.8) is 0 Å². The SMILES string of the molecule is CNC(C#N)COc1ccc(Cl)cc1. The molecule has 1 N–H and O–H groups in total. The lowest BCUT2D eigenvalue weighted by Crippen LogP contribution is -2.29. The summed E-state index contributed by atoms with van der Waals surface area (Å²) in [6.07, 6.45) is 0. The summed E-state index contributed by atoms with van der Waals surface area (Å²) in [4.78, 5) is 0. The highest BCUT2D eigenvalue weighted by molar-refractivity contribution is 6.30. The zero-order valence-corrected chi connectivity index (χ0v) is 8.58. The van der Waals surface area contributed by atoms with E-state index in [1.54, 1.807) is 31.3 Å². The second kappa shape index (κ2) is 5.48. The van der Waals surface area contributed by atoms with Crippen molar-refractivity contribution < 1.29 is 4.74 Å². The summed E-state index contributed by atoms with van der Waals surface area (Å²) in [6, 6.07) is 8.82. The summed E-state index contributed by atoms with van der Waals surface area (Å²) >= 11 is 5.71. The Labute approximate surface area is 88.3 Å². The van der Waals surface area contributed by atoms with Gasteiger partial charge in [0.15, 0.2) is 0 Å². The lowest BCUT2D eigenvalue weighted by Gasteiger charge is -2.09. The van der Waals surface area contributed by atoms with Gasteiger partial charge in [-0.3, -0.25) is 0 Å². The maximum Gasteiger partial charge on any atom is 0.129 e. The van der Waals surface area contributed by atoms with Gasteiger partial charge in [0.05, 0.1) is 6.07 Å². The molecule has 0 bridgehead atoms. The fraction of sp³-hybridized carbons (Fsp3) is 0.300. The minimum absolute atomic E-state index is 0.286. The molecule has 1 unspecified atom stereocenters. The number of ether oxygens (including phenoxy) is 1. The van der Waals surface area contributed by atoms with Crippen molar-refractivity contribution in [2.75, 3.05) is 13.7 Å². The molecule has 0 aromatic heterocycles. The highest BCUT2D eigenvalue weighted by Gasteiger charge is 2.03. The molecular formula is C10H11ClN2O. The first-order chi connectivity index (χ1) is 6.76. The predicted molar refractivity (Wildman–Crippen MR) is 55.4 cm³/mol. The lowest BCUT2D eigenvalue weighted by molar-refractivity contribution is 0.295. The standard InChI is InChI=1S/C10H11ClN2O/c1-13-9(6-12)7-14-10-4-2-8(11)3-5-10/h2-5,9,13H,7H2,1H3.